The fourth-order valence-electron chi connectivity index (χ4n) is 2.88. The summed E-state index contributed by atoms with van der Waals surface area (Å²) in [5.41, 5.74) is 1.29. The zero-order valence-corrected chi connectivity index (χ0v) is 14.6. The molecule has 4 heteroatoms. The highest BCUT2D eigenvalue weighted by Crippen LogP contribution is 2.20. The molecule has 0 radical (unpaired) electrons. The van der Waals surface area contributed by atoms with E-state index >= 15 is 0 Å². The van der Waals surface area contributed by atoms with Crippen LogP contribution < -0.4 is 5.32 Å². The topological polar surface area (TPSA) is 32.3 Å². The van der Waals surface area contributed by atoms with E-state index in [1.807, 2.05) is 17.8 Å². The molecule has 1 aromatic carbocycles. The van der Waals surface area contributed by atoms with Crippen molar-refractivity contribution in [1.82, 2.24) is 10.2 Å². The zero-order valence-electron chi connectivity index (χ0n) is 13.8. The minimum atomic E-state index is 0.0398. The summed E-state index contributed by atoms with van der Waals surface area (Å²) in [7, 11) is 0. The summed E-state index contributed by atoms with van der Waals surface area (Å²) in [6, 6.07) is 10.5. The Labute approximate surface area is 138 Å². The maximum atomic E-state index is 12.5. The van der Waals surface area contributed by atoms with E-state index in [4.69, 9.17) is 0 Å². The molecule has 1 aliphatic rings. The van der Waals surface area contributed by atoms with Gasteiger partial charge in [0.05, 0.1) is 6.04 Å². The van der Waals surface area contributed by atoms with Crippen LogP contribution in [0, 0.1) is 0 Å². The highest BCUT2D eigenvalue weighted by Gasteiger charge is 2.28. The van der Waals surface area contributed by atoms with Crippen molar-refractivity contribution in [1.29, 1.82) is 0 Å². The van der Waals surface area contributed by atoms with Crippen LogP contribution in [0.4, 0.5) is 0 Å². The first-order chi connectivity index (χ1) is 10.7. The Balaban J connectivity index is 1.84. The number of thioether (sulfide) groups is 1. The van der Waals surface area contributed by atoms with Crippen LogP contribution in [0.5, 0.6) is 0 Å². The normalized spacial score (nSPS) is 19.3. The van der Waals surface area contributed by atoms with Crippen LogP contribution in [0.2, 0.25) is 0 Å². The van der Waals surface area contributed by atoms with Gasteiger partial charge in [-0.05, 0) is 30.2 Å². The Morgan fingerprint density at radius 2 is 2.09 bits per heavy atom. The van der Waals surface area contributed by atoms with Gasteiger partial charge in [0.2, 0.25) is 5.91 Å². The van der Waals surface area contributed by atoms with Crippen molar-refractivity contribution >= 4 is 17.7 Å². The van der Waals surface area contributed by atoms with Crippen molar-refractivity contribution < 1.29 is 4.79 Å². The lowest BCUT2D eigenvalue weighted by atomic mass is 10.0. The summed E-state index contributed by atoms with van der Waals surface area (Å²) in [6.07, 6.45) is 3.33. The first-order valence-electron chi connectivity index (χ1n) is 8.34. The van der Waals surface area contributed by atoms with Crippen molar-refractivity contribution in [2.24, 2.45) is 0 Å². The highest BCUT2D eigenvalue weighted by molar-refractivity contribution is 7.99. The molecule has 1 saturated heterocycles. The molecule has 0 aliphatic carbocycles. The Morgan fingerprint density at radius 1 is 1.32 bits per heavy atom. The first-order valence-corrected chi connectivity index (χ1v) is 9.39. The van der Waals surface area contributed by atoms with E-state index in [2.05, 4.69) is 48.3 Å². The van der Waals surface area contributed by atoms with Crippen LogP contribution in [0.3, 0.4) is 0 Å². The van der Waals surface area contributed by atoms with Crippen LogP contribution in [0.15, 0.2) is 30.3 Å². The number of rotatable bonds is 7. The number of carbonyl (C=O) groups is 1. The number of piperidine rings is 1. The Kier molecular flexibility index (Phi) is 7.26. The van der Waals surface area contributed by atoms with Gasteiger partial charge in [0.1, 0.15) is 0 Å². The lowest BCUT2D eigenvalue weighted by Gasteiger charge is -2.34. The van der Waals surface area contributed by atoms with Gasteiger partial charge in [0.15, 0.2) is 0 Å². The Hall–Kier alpha value is -1.00. The summed E-state index contributed by atoms with van der Waals surface area (Å²) in [5.74, 6) is 1.20. The molecule has 0 saturated carbocycles. The molecule has 1 aliphatic heterocycles. The summed E-state index contributed by atoms with van der Waals surface area (Å²) >= 11 is 1.89. The molecule has 1 aromatic rings. The van der Waals surface area contributed by atoms with Gasteiger partial charge in [0, 0.05) is 18.8 Å². The molecule has 0 spiro atoms. The number of hydrogen-bond donors (Lipinski definition) is 1. The summed E-state index contributed by atoms with van der Waals surface area (Å²) in [4.78, 5) is 14.8. The van der Waals surface area contributed by atoms with E-state index in [9.17, 15) is 4.79 Å². The van der Waals surface area contributed by atoms with Gasteiger partial charge >= 0.3 is 0 Å². The van der Waals surface area contributed by atoms with E-state index in [1.54, 1.807) is 0 Å². The molecule has 2 rings (SSSR count). The molecule has 1 amide bonds. The number of likely N-dealkylation sites (tertiary alicyclic amines) is 1. The molecule has 1 heterocycles. The second-order valence-electron chi connectivity index (χ2n) is 6.18. The van der Waals surface area contributed by atoms with Crippen LogP contribution in [0.25, 0.3) is 0 Å². The lowest BCUT2D eigenvalue weighted by molar-refractivity contribution is -0.127. The van der Waals surface area contributed by atoms with Crippen molar-refractivity contribution in [3.8, 4) is 0 Å². The predicted molar refractivity (Wildman–Crippen MR) is 95.1 cm³/mol. The Bertz CT molecular complexity index is 450. The standard InChI is InChI=1S/C18H28N2OS/c1-15(2)22-13-11-19-18(21)17-10-6-7-12-20(17)14-16-8-4-3-5-9-16/h3-5,8-9,15,17H,6-7,10-14H2,1-2H3,(H,19,21). The molecular formula is C18H28N2OS. The molecule has 1 fully saturated rings. The fourth-order valence-corrected chi connectivity index (χ4v) is 3.57. The monoisotopic (exact) mass is 320 g/mol. The number of carbonyl (C=O) groups excluding carboxylic acids is 1. The van der Waals surface area contributed by atoms with E-state index in [0.29, 0.717) is 5.25 Å². The molecule has 122 valence electrons. The van der Waals surface area contributed by atoms with Crippen molar-refractivity contribution in [2.75, 3.05) is 18.8 Å². The third-order valence-corrected chi connectivity index (χ3v) is 5.10. The summed E-state index contributed by atoms with van der Waals surface area (Å²) in [5, 5.41) is 3.75. The third-order valence-electron chi connectivity index (χ3n) is 4.00. The molecule has 0 aromatic heterocycles. The smallest absolute Gasteiger partial charge is 0.237 e. The predicted octanol–water partition coefficient (Wildman–Crippen LogP) is 3.30. The summed E-state index contributed by atoms with van der Waals surface area (Å²) in [6.45, 7) is 7.05. The highest BCUT2D eigenvalue weighted by atomic mass is 32.2. The van der Waals surface area contributed by atoms with Gasteiger partial charge < -0.3 is 5.32 Å². The maximum absolute atomic E-state index is 12.5. The van der Waals surface area contributed by atoms with Crippen molar-refractivity contribution in [3.05, 3.63) is 35.9 Å². The van der Waals surface area contributed by atoms with Crippen LogP contribution in [0.1, 0.15) is 38.7 Å². The van der Waals surface area contributed by atoms with E-state index in [0.717, 1.165) is 38.2 Å². The maximum Gasteiger partial charge on any atom is 0.237 e. The van der Waals surface area contributed by atoms with E-state index < -0.39 is 0 Å². The largest absolute Gasteiger partial charge is 0.354 e. The average molecular weight is 321 g/mol. The van der Waals surface area contributed by atoms with Gasteiger partial charge in [0.25, 0.3) is 0 Å². The van der Waals surface area contributed by atoms with Crippen LogP contribution in [-0.4, -0.2) is 40.9 Å². The average Bonchev–Trinajstić information content (AvgIpc) is 2.53. The number of hydrogen-bond acceptors (Lipinski definition) is 3. The van der Waals surface area contributed by atoms with Gasteiger partial charge in [-0.25, -0.2) is 0 Å². The third kappa shape index (κ3) is 5.65. The number of benzene rings is 1. The first kappa shape index (κ1) is 17.4. The van der Waals surface area contributed by atoms with Gasteiger partial charge in [-0.2, -0.15) is 11.8 Å². The molecule has 1 unspecified atom stereocenters. The van der Waals surface area contributed by atoms with Gasteiger partial charge in [-0.3, -0.25) is 9.69 Å². The van der Waals surface area contributed by atoms with Crippen molar-refractivity contribution in [2.45, 2.75) is 50.9 Å². The molecule has 3 nitrogen and oxygen atoms in total. The number of nitrogens with one attached hydrogen (secondary N) is 1. The lowest BCUT2D eigenvalue weighted by Crippen LogP contribution is -2.49. The second-order valence-corrected chi connectivity index (χ2v) is 7.86. The number of nitrogens with zero attached hydrogens (tertiary/aromatic N) is 1. The fraction of sp³-hybridized carbons (Fsp3) is 0.611. The zero-order chi connectivity index (χ0) is 15.8. The Morgan fingerprint density at radius 3 is 2.82 bits per heavy atom. The molecule has 22 heavy (non-hydrogen) atoms. The molecule has 1 N–H and O–H groups in total. The minimum Gasteiger partial charge on any atom is -0.354 e. The number of amides is 1. The van der Waals surface area contributed by atoms with Gasteiger partial charge in [-0.1, -0.05) is 50.6 Å². The summed E-state index contributed by atoms with van der Waals surface area (Å²) < 4.78 is 0. The molecule has 0 bridgehead atoms. The van der Waals surface area contributed by atoms with Gasteiger partial charge in [-0.15, -0.1) is 0 Å². The van der Waals surface area contributed by atoms with Crippen molar-refractivity contribution in [3.63, 3.8) is 0 Å². The van der Waals surface area contributed by atoms with Crippen LogP contribution in [-0.2, 0) is 11.3 Å². The second kappa shape index (κ2) is 9.21. The SMILES string of the molecule is CC(C)SCCNC(=O)C1CCCCN1Cc1ccccc1. The molecular weight excluding hydrogens is 292 g/mol. The van der Waals surface area contributed by atoms with Crippen LogP contribution >= 0.6 is 11.8 Å². The van der Waals surface area contributed by atoms with E-state index in [1.165, 1.54) is 12.0 Å². The quantitative estimate of drug-likeness (QED) is 0.782. The van der Waals surface area contributed by atoms with E-state index in [-0.39, 0.29) is 11.9 Å². The minimum absolute atomic E-state index is 0.0398. The molecule has 1 atom stereocenters.